The van der Waals surface area contributed by atoms with E-state index in [9.17, 15) is 13.2 Å². The van der Waals surface area contributed by atoms with Crippen LogP contribution in [-0.2, 0) is 15.6 Å². The maximum absolute atomic E-state index is 12.7. The van der Waals surface area contributed by atoms with Crippen LogP contribution in [0.2, 0.25) is 0 Å². The molecule has 0 bridgehead atoms. The molecule has 1 saturated carbocycles. The Morgan fingerprint density at radius 2 is 1.96 bits per heavy atom. The lowest BCUT2D eigenvalue weighted by molar-refractivity contribution is 0.0924. The number of fused-ring (bicyclic) bond motifs is 1. The number of aromatic nitrogens is 1. The number of rotatable bonds is 5. The van der Waals surface area contributed by atoms with E-state index in [1.807, 2.05) is 0 Å². The van der Waals surface area contributed by atoms with Gasteiger partial charge in [-0.15, -0.1) is 0 Å². The van der Waals surface area contributed by atoms with Crippen LogP contribution in [0.5, 0.6) is 0 Å². The van der Waals surface area contributed by atoms with Crippen molar-refractivity contribution in [3.63, 3.8) is 0 Å². The summed E-state index contributed by atoms with van der Waals surface area (Å²) in [5.41, 5.74) is 1.83. The molecular weight excluding hydrogens is 352 g/mol. The van der Waals surface area contributed by atoms with Gasteiger partial charge < -0.3 is 9.73 Å². The number of pyridine rings is 1. The second kappa shape index (κ2) is 6.25. The Morgan fingerprint density at radius 1 is 1.23 bits per heavy atom. The monoisotopic (exact) mass is 370 g/mol. The predicted octanol–water partition coefficient (Wildman–Crippen LogP) is 3.00. The molecule has 1 aliphatic carbocycles. The van der Waals surface area contributed by atoms with Gasteiger partial charge in [0.2, 0.25) is 0 Å². The van der Waals surface area contributed by atoms with Crippen molar-refractivity contribution < 1.29 is 17.6 Å². The third kappa shape index (κ3) is 3.22. The zero-order valence-electron chi connectivity index (χ0n) is 14.2. The average Bonchev–Trinajstić information content (AvgIpc) is 3.37. The first-order chi connectivity index (χ1) is 12.4. The van der Waals surface area contributed by atoms with Crippen LogP contribution in [0.1, 0.15) is 34.5 Å². The Hall–Kier alpha value is -2.67. The molecule has 134 valence electrons. The van der Waals surface area contributed by atoms with E-state index < -0.39 is 9.84 Å². The van der Waals surface area contributed by atoms with Crippen LogP contribution in [0.25, 0.3) is 11.0 Å². The number of furan rings is 1. The molecule has 7 heteroatoms. The van der Waals surface area contributed by atoms with Gasteiger partial charge in [0.25, 0.3) is 5.91 Å². The molecule has 0 saturated heterocycles. The van der Waals surface area contributed by atoms with Gasteiger partial charge in [0, 0.05) is 29.4 Å². The normalized spacial score (nSPS) is 14.5. The first-order valence-corrected chi connectivity index (χ1v) is 10.0. The number of hydrogen-bond acceptors (Lipinski definition) is 5. The van der Waals surface area contributed by atoms with Crippen molar-refractivity contribution in [3.05, 3.63) is 59.6 Å². The van der Waals surface area contributed by atoms with E-state index in [1.54, 1.807) is 43.6 Å². The number of benzene rings is 1. The van der Waals surface area contributed by atoms with Crippen molar-refractivity contribution in [2.24, 2.45) is 0 Å². The van der Waals surface area contributed by atoms with Gasteiger partial charge in [-0.05, 0) is 55.7 Å². The summed E-state index contributed by atoms with van der Waals surface area (Å²) in [6, 6.07) is 8.30. The molecule has 1 aromatic carbocycles. The fraction of sp³-hybridized carbons (Fsp3) is 0.263. The summed E-state index contributed by atoms with van der Waals surface area (Å²) in [6.45, 7) is 1.77. The van der Waals surface area contributed by atoms with Gasteiger partial charge in [0.15, 0.2) is 15.6 Å². The summed E-state index contributed by atoms with van der Waals surface area (Å²) in [4.78, 5) is 16.4. The standard InChI is InChI=1S/C19H18N2O4S/c1-12-16-10-15(26(23,24)11-13-6-8-20-9-7-13)4-5-17(16)25-18(12)19(22)21-14-2-3-14/h4-10,14H,2-3,11H2,1H3,(H,21,22). The van der Waals surface area contributed by atoms with Gasteiger partial charge in [0.1, 0.15) is 5.58 Å². The maximum atomic E-state index is 12.7. The Bertz CT molecular complexity index is 1080. The molecule has 26 heavy (non-hydrogen) atoms. The van der Waals surface area contributed by atoms with Crippen molar-refractivity contribution in [2.75, 3.05) is 0 Å². The smallest absolute Gasteiger partial charge is 0.287 e. The number of aryl methyl sites for hydroxylation is 1. The summed E-state index contributed by atoms with van der Waals surface area (Å²) < 4.78 is 31.1. The summed E-state index contributed by atoms with van der Waals surface area (Å²) in [5, 5.41) is 3.53. The van der Waals surface area contributed by atoms with E-state index in [0.29, 0.717) is 22.1 Å². The lowest BCUT2D eigenvalue weighted by Gasteiger charge is -2.05. The van der Waals surface area contributed by atoms with Gasteiger partial charge in [0.05, 0.1) is 10.6 Å². The van der Waals surface area contributed by atoms with Gasteiger partial charge in [-0.25, -0.2) is 8.42 Å². The average molecular weight is 370 g/mol. The van der Waals surface area contributed by atoms with Crippen LogP contribution in [-0.4, -0.2) is 25.4 Å². The zero-order valence-corrected chi connectivity index (χ0v) is 15.0. The fourth-order valence-electron chi connectivity index (χ4n) is 2.87. The first kappa shape index (κ1) is 16.8. The van der Waals surface area contributed by atoms with E-state index in [4.69, 9.17) is 4.42 Å². The minimum absolute atomic E-state index is 0.104. The second-order valence-corrected chi connectivity index (χ2v) is 8.57. The number of nitrogens with zero attached hydrogens (tertiary/aromatic N) is 1. The number of carbonyl (C=O) groups excluding carboxylic acids is 1. The molecule has 0 radical (unpaired) electrons. The molecule has 0 atom stereocenters. The highest BCUT2D eigenvalue weighted by Crippen LogP contribution is 2.29. The summed E-state index contributed by atoms with van der Waals surface area (Å²) in [6.07, 6.45) is 5.11. The number of amides is 1. The highest BCUT2D eigenvalue weighted by Gasteiger charge is 2.27. The Morgan fingerprint density at radius 3 is 2.65 bits per heavy atom. The summed E-state index contributed by atoms with van der Waals surface area (Å²) in [7, 11) is -3.51. The van der Waals surface area contributed by atoms with Crippen molar-refractivity contribution in [1.82, 2.24) is 10.3 Å². The van der Waals surface area contributed by atoms with Crippen LogP contribution in [0.15, 0.2) is 52.0 Å². The topological polar surface area (TPSA) is 89.3 Å². The molecule has 0 spiro atoms. The Balaban J connectivity index is 1.68. The molecule has 1 amide bonds. The fourth-order valence-corrected chi connectivity index (χ4v) is 4.24. The number of carbonyl (C=O) groups is 1. The van der Waals surface area contributed by atoms with Crippen LogP contribution in [0.4, 0.5) is 0 Å². The van der Waals surface area contributed by atoms with Crippen LogP contribution in [0, 0.1) is 6.92 Å². The van der Waals surface area contributed by atoms with Crippen molar-refractivity contribution >= 4 is 26.7 Å². The van der Waals surface area contributed by atoms with Gasteiger partial charge in [-0.2, -0.15) is 0 Å². The molecule has 4 rings (SSSR count). The van der Waals surface area contributed by atoms with Crippen molar-refractivity contribution in [1.29, 1.82) is 0 Å². The van der Waals surface area contributed by atoms with Crippen molar-refractivity contribution in [2.45, 2.75) is 36.5 Å². The van der Waals surface area contributed by atoms with Crippen LogP contribution in [0.3, 0.4) is 0 Å². The molecule has 1 aliphatic rings. The SMILES string of the molecule is Cc1c(C(=O)NC2CC2)oc2ccc(S(=O)(=O)Cc3ccncc3)cc12. The molecule has 0 aliphatic heterocycles. The highest BCUT2D eigenvalue weighted by atomic mass is 32.2. The minimum atomic E-state index is -3.51. The molecule has 6 nitrogen and oxygen atoms in total. The lowest BCUT2D eigenvalue weighted by Crippen LogP contribution is -2.25. The third-order valence-corrected chi connectivity index (χ3v) is 6.18. The Labute approximate surface area is 151 Å². The summed E-state index contributed by atoms with van der Waals surface area (Å²) >= 11 is 0. The van der Waals surface area contributed by atoms with Gasteiger partial charge >= 0.3 is 0 Å². The third-order valence-electron chi connectivity index (χ3n) is 4.49. The lowest BCUT2D eigenvalue weighted by atomic mass is 10.1. The number of hydrogen-bond donors (Lipinski definition) is 1. The van der Waals surface area contributed by atoms with Crippen LogP contribution >= 0.6 is 0 Å². The molecular formula is C19H18N2O4S. The van der Waals surface area contributed by atoms with Crippen LogP contribution < -0.4 is 5.32 Å². The largest absolute Gasteiger partial charge is 0.451 e. The predicted molar refractivity (Wildman–Crippen MR) is 96.6 cm³/mol. The quantitative estimate of drug-likeness (QED) is 0.746. The summed E-state index contributed by atoms with van der Waals surface area (Å²) in [5.74, 6) is -0.106. The molecule has 2 aromatic heterocycles. The maximum Gasteiger partial charge on any atom is 0.287 e. The van der Waals surface area contributed by atoms with Gasteiger partial charge in [-0.1, -0.05) is 0 Å². The first-order valence-electron chi connectivity index (χ1n) is 8.40. The van der Waals surface area contributed by atoms with E-state index >= 15 is 0 Å². The second-order valence-electron chi connectivity index (χ2n) is 6.58. The van der Waals surface area contributed by atoms with E-state index in [2.05, 4.69) is 10.3 Å². The molecule has 1 fully saturated rings. The number of nitrogens with one attached hydrogen (secondary N) is 1. The van der Waals surface area contributed by atoms with E-state index in [1.165, 1.54) is 6.07 Å². The van der Waals surface area contributed by atoms with Crippen molar-refractivity contribution in [3.8, 4) is 0 Å². The highest BCUT2D eigenvalue weighted by molar-refractivity contribution is 7.90. The molecule has 0 unspecified atom stereocenters. The molecule has 2 heterocycles. The van der Waals surface area contributed by atoms with Gasteiger partial charge in [-0.3, -0.25) is 9.78 Å². The van der Waals surface area contributed by atoms with E-state index in [0.717, 1.165) is 12.8 Å². The molecule has 1 N–H and O–H groups in total. The Kier molecular flexibility index (Phi) is 4.03. The molecule has 3 aromatic rings. The van der Waals surface area contributed by atoms with E-state index in [-0.39, 0.29) is 28.4 Å². The zero-order chi connectivity index (χ0) is 18.3. The number of sulfone groups is 1. The minimum Gasteiger partial charge on any atom is -0.451 e.